The van der Waals surface area contributed by atoms with Gasteiger partial charge >= 0.3 is 0 Å². The number of hydrogen-bond donors (Lipinski definition) is 0. The van der Waals surface area contributed by atoms with Gasteiger partial charge in [-0.1, -0.05) is 36.4 Å². The fourth-order valence-corrected chi connectivity index (χ4v) is 4.93. The minimum Gasteiger partial charge on any atom is -0.338 e. The van der Waals surface area contributed by atoms with Crippen LogP contribution in [0.2, 0.25) is 0 Å². The topological polar surface area (TPSA) is 57.7 Å². The number of hydrogen-bond acceptors (Lipinski definition) is 3. The maximum atomic E-state index is 12.5. The molecule has 3 rings (SSSR count). The molecule has 0 aromatic heterocycles. The van der Waals surface area contributed by atoms with Crippen LogP contribution in [0.15, 0.2) is 43.0 Å². The number of likely N-dealkylation sites (tertiary alicyclic amines) is 1. The number of carbonyl (C=O) groups excluding carboxylic acids is 1. The maximum absolute atomic E-state index is 12.5. The molecule has 2 saturated heterocycles. The summed E-state index contributed by atoms with van der Waals surface area (Å²) in [7, 11) is -3.37. The minimum absolute atomic E-state index is 0.00214. The second-order valence-electron chi connectivity index (χ2n) is 5.96. The summed E-state index contributed by atoms with van der Waals surface area (Å²) < 4.78 is 26.5. The van der Waals surface area contributed by atoms with E-state index in [-0.39, 0.29) is 23.5 Å². The lowest BCUT2D eigenvalue weighted by molar-refractivity contribution is -0.130. The van der Waals surface area contributed by atoms with Crippen molar-refractivity contribution in [1.29, 1.82) is 0 Å². The number of carbonyl (C=O) groups is 1. The molecule has 0 N–H and O–H groups in total. The van der Waals surface area contributed by atoms with Gasteiger partial charge in [-0.2, -0.15) is 0 Å². The van der Waals surface area contributed by atoms with Gasteiger partial charge in [0, 0.05) is 32.1 Å². The number of rotatable bonds is 5. The fourth-order valence-electron chi connectivity index (χ4n) is 3.33. The van der Waals surface area contributed by atoms with Gasteiger partial charge < -0.3 is 4.90 Å². The third-order valence-corrected chi connectivity index (χ3v) is 6.21. The molecule has 0 bridgehead atoms. The summed E-state index contributed by atoms with van der Waals surface area (Å²) in [5, 5.41) is 0. The number of sulfonamides is 1. The van der Waals surface area contributed by atoms with Crippen molar-refractivity contribution in [2.24, 2.45) is 11.8 Å². The second kappa shape index (κ2) is 5.85. The van der Waals surface area contributed by atoms with E-state index in [0.29, 0.717) is 26.2 Å². The minimum atomic E-state index is -3.37. The molecule has 0 aliphatic carbocycles. The molecular weight excluding hydrogens is 300 g/mol. The van der Waals surface area contributed by atoms with E-state index in [9.17, 15) is 13.2 Å². The third kappa shape index (κ3) is 2.80. The molecule has 2 atom stereocenters. The van der Waals surface area contributed by atoms with Crippen molar-refractivity contribution in [3.8, 4) is 0 Å². The van der Waals surface area contributed by atoms with E-state index in [1.165, 1.54) is 4.31 Å². The van der Waals surface area contributed by atoms with Crippen molar-refractivity contribution >= 4 is 15.9 Å². The molecule has 2 aliphatic rings. The molecule has 118 valence electrons. The molecule has 2 fully saturated rings. The SMILES string of the molecule is C=CCN1C[C@@H]2CN(S(=O)(=O)Cc3ccccc3)C[C@@H]2C1=O. The predicted octanol–water partition coefficient (Wildman–Crippen LogP) is 1.09. The van der Waals surface area contributed by atoms with Gasteiger partial charge in [0.15, 0.2) is 0 Å². The van der Waals surface area contributed by atoms with Crippen molar-refractivity contribution in [1.82, 2.24) is 9.21 Å². The Morgan fingerprint density at radius 2 is 1.91 bits per heavy atom. The molecule has 0 radical (unpaired) electrons. The second-order valence-corrected chi connectivity index (χ2v) is 7.93. The first-order chi connectivity index (χ1) is 10.5. The third-order valence-electron chi connectivity index (χ3n) is 4.43. The van der Waals surface area contributed by atoms with Gasteiger partial charge in [-0.05, 0) is 5.56 Å². The summed E-state index contributed by atoms with van der Waals surface area (Å²) in [5.41, 5.74) is 0.777. The van der Waals surface area contributed by atoms with Gasteiger partial charge in [0.1, 0.15) is 0 Å². The molecule has 0 spiro atoms. The number of nitrogens with zero attached hydrogens (tertiary/aromatic N) is 2. The molecule has 1 aromatic carbocycles. The Labute approximate surface area is 131 Å². The number of fused-ring (bicyclic) bond motifs is 1. The summed E-state index contributed by atoms with van der Waals surface area (Å²) >= 11 is 0. The Morgan fingerprint density at radius 3 is 2.55 bits per heavy atom. The highest BCUT2D eigenvalue weighted by molar-refractivity contribution is 7.88. The molecule has 2 heterocycles. The van der Waals surface area contributed by atoms with Crippen LogP contribution >= 0.6 is 0 Å². The highest BCUT2D eigenvalue weighted by atomic mass is 32.2. The Kier molecular flexibility index (Phi) is 4.06. The van der Waals surface area contributed by atoms with E-state index in [1.807, 2.05) is 30.3 Å². The Morgan fingerprint density at radius 1 is 1.18 bits per heavy atom. The Hall–Kier alpha value is -1.66. The van der Waals surface area contributed by atoms with Crippen LogP contribution in [0, 0.1) is 11.8 Å². The maximum Gasteiger partial charge on any atom is 0.227 e. The van der Waals surface area contributed by atoms with Gasteiger partial charge in [-0.3, -0.25) is 4.79 Å². The Balaban J connectivity index is 1.69. The van der Waals surface area contributed by atoms with E-state index in [2.05, 4.69) is 6.58 Å². The van der Waals surface area contributed by atoms with E-state index in [0.717, 1.165) is 5.56 Å². The largest absolute Gasteiger partial charge is 0.338 e. The zero-order valence-corrected chi connectivity index (χ0v) is 13.2. The normalized spacial score (nSPS) is 25.5. The summed E-state index contributed by atoms with van der Waals surface area (Å²) in [6.45, 7) is 5.58. The Bertz CT molecular complexity index is 672. The highest BCUT2D eigenvalue weighted by Crippen LogP contribution is 2.34. The molecule has 0 unspecified atom stereocenters. The van der Waals surface area contributed by atoms with Crippen molar-refractivity contribution in [2.75, 3.05) is 26.2 Å². The highest BCUT2D eigenvalue weighted by Gasteiger charge is 2.48. The number of amides is 1. The molecule has 2 aliphatic heterocycles. The smallest absolute Gasteiger partial charge is 0.227 e. The van der Waals surface area contributed by atoms with Gasteiger partial charge in [-0.25, -0.2) is 12.7 Å². The van der Waals surface area contributed by atoms with Gasteiger partial charge in [0.05, 0.1) is 11.7 Å². The first kappa shape index (κ1) is 15.2. The van der Waals surface area contributed by atoms with Crippen LogP contribution in [0.5, 0.6) is 0 Å². The zero-order valence-electron chi connectivity index (χ0n) is 12.4. The van der Waals surface area contributed by atoms with Crippen molar-refractivity contribution < 1.29 is 13.2 Å². The monoisotopic (exact) mass is 320 g/mol. The first-order valence-electron chi connectivity index (χ1n) is 7.42. The van der Waals surface area contributed by atoms with Crippen LogP contribution in [0.4, 0.5) is 0 Å². The van der Waals surface area contributed by atoms with Crippen molar-refractivity contribution in [3.63, 3.8) is 0 Å². The predicted molar refractivity (Wildman–Crippen MR) is 84.4 cm³/mol. The lowest BCUT2D eigenvalue weighted by Gasteiger charge is -2.20. The van der Waals surface area contributed by atoms with Gasteiger partial charge in [-0.15, -0.1) is 6.58 Å². The average molecular weight is 320 g/mol. The molecular formula is C16H20N2O3S. The summed E-state index contributed by atoms with van der Waals surface area (Å²) in [4.78, 5) is 14.0. The molecule has 1 amide bonds. The lowest BCUT2D eigenvalue weighted by atomic mass is 10.0. The lowest BCUT2D eigenvalue weighted by Crippen LogP contribution is -2.36. The van der Waals surface area contributed by atoms with Gasteiger partial charge in [0.25, 0.3) is 0 Å². The molecule has 22 heavy (non-hydrogen) atoms. The van der Waals surface area contributed by atoms with Crippen molar-refractivity contribution in [3.05, 3.63) is 48.6 Å². The van der Waals surface area contributed by atoms with E-state index >= 15 is 0 Å². The van der Waals surface area contributed by atoms with Crippen LogP contribution in [-0.4, -0.2) is 49.7 Å². The first-order valence-corrected chi connectivity index (χ1v) is 9.03. The van der Waals surface area contributed by atoms with Crippen LogP contribution in [0.3, 0.4) is 0 Å². The quantitative estimate of drug-likeness (QED) is 0.763. The van der Waals surface area contributed by atoms with Crippen molar-refractivity contribution in [2.45, 2.75) is 5.75 Å². The van der Waals surface area contributed by atoms with E-state index < -0.39 is 10.0 Å². The van der Waals surface area contributed by atoms with Crippen LogP contribution < -0.4 is 0 Å². The molecule has 0 saturated carbocycles. The summed E-state index contributed by atoms with van der Waals surface area (Å²) in [5.74, 6) is -0.0245. The van der Waals surface area contributed by atoms with Gasteiger partial charge in [0.2, 0.25) is 15.9 Å². The zero-order chi connectivity index (χ0) is 15.7. The van der Waals surface area contributed by atoms with E-state index in [1.54, 1.807) is 11.0 Å². The number of benzene rings is 1. The van der Waals surface area contributed by atoms with Crippen LogP contribution in [0.1, 0.15) is 5.56 Å². The fraction of sp³-hybridized carbons (Fsp3) is 0.438. The van der Waals surface area contributed by atoms with Crippen LogP contribution in [0.25, 0.3) is 0 Å². The standard InChI is InChI=1S/C16H20N2O3S/c1-2-8-17-9-14-10-18(11-15(14)16(17)19)22(20,21)12-13-6-4-3-5-7-13/h2-7,14-15H,1,8-12H2/t14-,15+/m1/s1. The van der Waals surface area contributed by atoms with E-state index in [4.69, 9.17) is 0 Å². The molecule has 6 heteroatoms. The molecule has 1 aromatic rings. The average Bonchev–Trinajstić information content (AvgIpc) is 3.02. The molecule has 5 nitrogen and oxygen atoms in total. The summed E-state index contributed by atoms with van der Waals surface area (Å²) in [6.07, 6.45) is 1.71. The van der Waals surface area contributed by atoms with Crippen LogP contribution in [-0.2, 0) is 20.6 Å². The summed E-state index contributed by atoms with van der Waals surface area (Å²) in [6, 6.07) is 9.15.